The highest BCUT2D eigenvalue weighted by atomic mass is 31.2. The van der Waals surface area contributed by atoms with Crippen LogP contribution in [0.5, 0.6) is 5.75 Å². The third kappa shape index (κ3) is 6.21. The van der Waals surface area contributed by atoms with E-state index in [2.05, 4.69) is 25.4 Å². The standard InChI is InChI=1S/C26H34FN6O7P/c1-16(24(35)37-3)32-41(36,40-18-11-5-4-6-12-18)38-13-19-21(34)26(2,27)25(39-19)33-15-30-20-22(28-14-29-23(20)33)31-17-9-7-8-10-17/h4-6,11-12,14-17,19,21,25,34H,7-10,13H2,1-3H3,(H,32,36)(H,28,29,31)/t16?,19-,21-,25-,26-,41?/m1/s1. The average molecular weight is 593 g/mol. The smallest absolute Gasteiger partial charge is 0.459 e. The molecule has 6 atom stereocenters. The summed E-state index contributed by atoms with van der Waals surface area (Å²) in [5.74, 6) is 0.0484. The number of carbonyl (C=O) groups is 1. The zero-order valence-corrected chi connectivity index (χ0v) is 23.9. The molecule has 222 valence electrons. The Morgan fingerprint density at radius 3 is 2.71 bits per heavy atom. The van der Waals surface area contributed by atoms with Crippen molar-refractivity contribution in [2.45, 2.75) is 75.7 Å². The Kier molecular flexibility index (Phi) is 8.57. The number of aromatic nitrogens is 4. The van der Waals surface area contributed by atoms with Crippen molar-refractivity contribution in [3.05, 3.63) is 43.0 Å². The number of hydrogen-bond donors (Lipinski definition) is 3. The van der Waals surface area contributed by atoms with Crippen LogP contribution < -0.4 is 14.9 Å². The third-order valence-electron chi connectivity index (χ3n) is 7.31. The van der Waals surface area contributed by atoms with E-state index in [9.17, 15) is 14.5 Å². The summed E-state index contributed by atoms with van der Waals surface area (Å²) in [7, 11) is -3.05. The van der Waals surface area contributed by atoms with Gasteiger partial charge in [0.1, 0.15) is 30.3 Å². The number of imidazole rings is 1. The van der Waals surface area contributed by atoms with E-state index in [0.29, 0.717) is 17.0 Å². The van der Waals surface area contributed by atoms with Crippen LogP contribution in [0.2, 0.25) is 0 Å². The first-order chi connectivity index (χ1) is 19.6. The molecule has 0 radical (unpaired) electrons. The van der Waals surface area contributed by atoms with Crippen LogP contribution >= 0.6 is 7.75 Å². The number of rotatable bonds is 11. The van der Waals surface area contributed by atoms with E-state index in [1.54, 1.807) is 30.3 Å². The van der Waals surface area contributed by atoms with Gasteiger partial charge in [-0.25, -0.2) is 23.9 Å². The topological polar surface area (TPSA) is 159 Å². The molecule has 3 aromatic rings. The minimum Gasteiger partial charge on any atom is -0.468 e. The Morgan fingerprint density at radius 2 is 2.00 bits per heavy atom. The van der Waals surface area contributed by atoms with Crippen molar-refractivity contribution in [2.75, 3.05) is 19.0 Å². The molecule has 0 spiro atoms. The molecule has 1 saturated heterocycles. The van der Waals surface area contributed by atoms with E-state index < -0.39 is 50.5 Å². The minimum atomic E-state index is -4.24. The van der Waals surface area contributed by atoms with E-state index in [1.807, 2.05) is 0 Å². The van der Waals surface area contributed by atoms with Crippen molar-refractivity contribution in [1.29, 1.82) is 0 Å². The van der Waals surface area contributed by atoms with Crippen LogP contribution in [-0.2, 0) is 23.4 Å². The molecule has 1 aromatic carbocycles. The lowest BCUT2D eigenvalue weighted by atomic mass is 9.98. The minimum absolute atomic E-state index is 0.202. The summed E-state index contributed by atoms with van der Waals surface area (Å²) in [6.45, 7) is 2.09. The van der Waals surface area contributed by atoms with Gasteiger partial charge in [0.15, 0.2) is 28.9 Å². The summed E-state index contributed by atoms with van der Waals surface area (Å²) in [4.78, 5) is 25.0. The maximum Gasteiger partial charge on any atom is 0.459 e. The SMILES string of the molecule is COC(=O)C(C)NP(=O)(OC[C@H]1O[C@@H](n2cnc3c(NC4CCCC4)ncnc32)[C@](C)(F)[C@@H]1O)Oc1ccccc1. The zero-order valence-electron chi connectivity index (χ0n) is 23.0. The summed E-state index contributed by atoms with van der Waals surface area (Å²) in [6, 6.07) is 7.40. The number of hydrogen-bond acceptors (Lipinski definition) is 11. The maximum atomic E-state index is 16.1. The van der Waals surface area contributed by atoms with Crippen molar-refractivity contribution in [3.63, 3.8) is 0 Å². The van der Waals surface area contributed by atoms with Gasteiger partial charge in [-0.3, -0.25) is 13.9 Å². The first kappa shape index (κ1) is 29.3. The van der Waals surface area contributed by atoms with E-state index in [0.717, 1.165) is 25.7 Å². The second-order valence-corrected chi connectivity index (χ2v) is 12.1. The number of nitrogens with zero attached hydrogens (tertiary/aromatic N) is 4. The lowest BCUT2D eigenvalue weighted by molar-refractivity contribution is -0.142. The van der Waals surface area contributed by atoms with Gasteiger partial charge in [0.25, 0.3) is 0 Å². The number of fused-ring (bicyclic) bond motifs is 1. The molecule has 41 heavy (non-hydrogen) atoms. The van der Waals surface area contributed by atoms with Crippen LogP contribution in [0.1, 0.15) is 45.8 Å². The van der Waals surface area contributed by atoms with Crippen LogP contribution in [0.15, 0.2) is 43.0 Å². The fourth-order valence-electron chi connectivity index (χ4n) is 5.09. The second kappa shape index (κ2) is 12.0. The molecule has 5 rings (SSSR count). The number of carbonyl (C=O) groups excluding carboxylic acids is 1. The molecular formula is C26H34FN6O7P. The Bertz CT molecular complexity index is 1400. The van der Waals surface area contributed by atoms with Crippen molar-refractivity contribution >= 4 is 30.7 Å². The first-order valence-electron chi connectivity index (χ1n) is 13.4. The molecule has 2 aromatic heterocycles. The van der Waals surface area contributed by atoms with E-state index in [-0.39, 0.29) is 11.8 Å². The summed E-state index contributed by atoms with van der Waals surface area (Å²) in [5.41, 5.74) is -1.52. The number of anilines is 1. The van der Waals surface area contributed by atoms with Gasteiger partial charge in [-0.05, 0) is 38.8 Å². The molecule has 1 saturated carbocycles. The Hall–Kier alpha value is -3.16. The van der Waals surface area contributed by atoms with Crippen LogP contribution in [0.4, 0.5) is 10.2 Å². The van der Waals surface area contributed by atoms with E-state index in [4.69, 9.17) is 18.5 Å². The zero-order chi connectivity index (χ0) is 29.2. The highest BCUT2D eigenvalue weighted by Gasteiger charge is 2.56. The van der Waals surface area contributed by atoms with Gasteiger partial charge in [-0.1, -0.05) is 31.0 Å². The number of halogens is 1. The number of benzene rings is 1. The molecule has 13 nitrogen and oxygen atoms in total. The van der Waals surface area contributed by atoms with Crippen LogP contribution in [0, 0.1) is 0 Å². The number of alkyl halides is 1. The third-order valence-corrected chi connectivity index (χ3v) is 8.95. The molecule has 1 aliphatic heterocycles. The van der Waals surface area contributed by atoms with Gasteiger partial charge in [-0.15, -0.1) is 0 Å². The van der Waals surface area contributed by atoms with Gasteiger partial charge in [0.05, 0.1) is 20.0 Å². The quantitative estimate of drug-likeness (QED) is 0.220. The molecule has 0 bridgehead atoms. The molecule has 0 amide bonds. The predicted molar refractivity (Wildman–Crippen MR) is 146 cm³/mol. The normalized spacial score (nSPS) is 27.0. The van der Waals surface area contributed by atoms with E-state index >= 15 is 4.39 Å². The lowest BCUT2D eigenvalue weighted by Crippen LogP contribution is -2.41. The number of aliphatic hydroxyl groups excluding tert-OH is 1. The van der Waals surface area contributed by atoms with Crippen molar-refractivity contribution in [3.8, 4) is 5.75 Å². The number of esters is 1. The van der Waals surface area contributed by atoms with Crippen molar-refractivity contribution in [2.24, 2.45) is 0 Å². The largest absolute Gasteiger partial charge is 0.468 e. The van der Waals surface area contributed by atoms with Crippen molar-refractivity contribution < 1.29 is 37.4 Å². The molecule has 1 aliphatic carbocycles. The number of aliphatic hydroxyl groups is 1. The van der Waals surface area contributed by atoms with Gasteiger partial charge >= 0.3 is 13.7 Å². The number of para-hydroxylation sites is 1. The molecule has 3 N–H and O–H groups in total. The highest BCUT2D eigenvalue weighted by molar-refractivity contribution is 7.52. The average Bonchev–Trinajstić information content (AvgIpc) is 3.67. The van der Waals surface area contributed by atoms with Gasteiger partial charge < -0.3 is 24.4 Å². The van der Waals surface area contributed by atoms with E-state index in [1.165, 1.54) is 38.2 Å². The summed E-state index contributed by atoms with van der Waals surface area (Å²) in [6.07, 6.45) is 2.82. The van der Waals surface area contributed by atoms with Crippen LogP contribution in [0.3, 0.4) is 0 Å². The fraction of sp³-hybridized carbons (Fsp3) is 0.538. The lowest BCUT2D eigenvalue weighted by Gasteiger charge is -2.25. The molecule has 2 unspecified atom stereocenters. The van der Waals surface area contributed by atoms with Gasteiger partial charge in [0.2, 0.25) is 0 Å². The summed E-state index contributed by atoms with van der Waals surface area (Å²) >= 11 is 0. The molecule has 2 fully saturated rings. The number of nitrogens with one attached hydrogen (secondary N) is 2. The molecule has 2 aliphatic rings. The highest BCUT2D eigenvalue weighted by Crippen LogP contribution is 2.48. The fourth-order valence-corrected chi connectivity index (χ4v) is 6.59. The number of ether oxygens (including phenoxy) is 2. The summed E-state index contributed by atoms with van der Waals surface area (Å²) < 4.78 is 52.9. The molecule has 3 heterocycles. The van der Waals surface area contributed by atoms with Gasteiger partial charge in [-0.2, -0.15) is 5.09 Å². The maximum absolute atomic E-state index is 16.1. The Morgan fingerprint density at radius 1 is 1.27 bits per heavy atom. The van der Waals surface area contributed by atoms with Crippen molar-refractivity contribution in [1.82, 2.24) is 24.6 Å². The predicted octanol–water partition coefficient (Wildman–Crippen LogP) is 3.52. The Balaban J connectivity index is 1.34. The second-order valence-electron chi connectivity index (χ2n) is 10.4. The van der Waals surface area contributed by atoms with Crippen LogP contribution in [0.25, 0.3) is 11.2 Å². The van der Waals surface area contributed by atoms with Crippen LogP contribution in [-0.4, -0.2) is 74.3 Å². The molecular weight excluding hydrogens is 558 g/mol. The number of methoxy groups -OCH3 is 1. The van der Waals surface area contributed by atoms with Gasteiger partial charge in [0, 0.05) is 6.04 Å². The monoisotopic (exact) mass is 592 g/mol. The molecule has 15 heteroatoms. The Labute approximate surface area is 236 Å². The first-order valence-corrected chi connectivity index (χ1v) is 15.0. The summed E-state index contributed by atoms with van der Waals surface area (Å²) in [5, 5.41) is 16.8.